The van der Waals surface area contributed by atoms with Crippen LogP contribution in [0.2, 0.25) is 10.0 Å². The van der Waals surface area contributed by atoms with Gasteiger partial charge in [0.05, 0.1) is 10.0 Å². The SMILES string of the molecule is Nc1cccc(-c2cnc3[nH]cc(Cl)c3c2)c1.O=C(CF)Nc1cccc(-c2cnc3[nH]cc(Cl)c3c2)c1.O=C(O)CF. The lowest BCUT2D eigenvalue weighted by Crippen LogP contribution is -2.12. The quantitative estimate of drug-likeness (QED) is 0.127. The predicted octanol–water partition coefficient (Wildman–Crippen LogP) is 7.30. The Morgan fingerprint density at radius 1 is 0.791 bits per heavy atom. The number of carbonyl (C=O) groups excluding carboxylic acids is 1. The molecule has 13 heteroatoms. The van der Waals surface area contributed by atoms with Crippen molar-refractivity contribution in [1.29, 1.82) is 0 Å². The molecule has 6 rings (SSSR count). The van der Waals surface area contributed by atoms with Crippen molar-refractivity contribution in [3.05, 3.63) is 95.5 Å². The Kier molecular flexibility index (Phi) is 10.3. The molecule has 9 nitrogen and oxygen atoms in total. The van der Waals surface area contributed by atoms with Gasteiger partial charge in [-0.05, 0) is 47.5 Å². The maximum Gasteiger partial charge on any atom is 0.335 e. The summed E-state index contributed by atoms with van der Waals surface area (Å²) in [5.74, 6) is -2.08. The molecule has 0 bridgehead atoms. The minimum absolute atomic E-state index is 0.537. The van der Waals surface area contributed by atoms with Crippen molar-refractivity contribution in [2.45, 2.75) is 0 Å². The van der Waals surface area contributed by atoms with E-state index in [0.717, 1.165) is 44.4 Å². The molecule has 43 heavy (non-hydrogen) atoms. The molecule has 0 saturated heterocycles. The topological polar surface area (TPSA) is 150 Å². The maximum absolute atomic E-state index is 12.2. The van der Waals surface area contributed by atoms with Crippen LogP contribution < -0.4 is 11.1 Å². The maximum atomic E-state index is 12.2. The molecule has 220 valence electrons. The molecule has 4 aromatic heterocycles. The van der Waals surface area contributed by atoms with Crippen molar-refractivity contribution in [1.82, 2.24) is 19.9 Å². The number of H-pyrrole nitrogens is 2. The fraction of sp³-hybridized carbons (Fsp3) is 0.0667. The molecule has 0 spiro atoms. The van der Waals surface area contributed by atoms with Crippen LogP contribution in [0, 0.1) is 0 Å². The third kappa shape index (κ3) is 8.06. The number of carboxylic acid groups (broad SMARTS) is 1. The molecule has 6 N–H and O–H groups in total. The third-order valence-corrected chi connectivity index (χ3v) is 6.52. The number of carboxylic acids is 1. The summed E-state index contributed by atoms with van der Waals surface area (Å²) in [6, 6.07) is 18.8. The number of fused-ring (bicyclic) bond motifs is 2. The van der Waals surface area contributed by atoms with Gasteiger partial charge in [-0.3, -0.25) is 4.79 Å². The molecule has 0 unspecified atom stereocenters. The number of nitrogen functional groups attached to an aromatic ring is 1. The first-order valence-electron chi connectivity index (χ1n) is 12.5. The van der Waals surface area contributed by atoms with Crippen molar-refractivity contribution >= 4 is 68.5 Å². The fourth-order valence-electron chi connectivity index (χ4n) is 3.95. The highest BCUT2D eigenvalue weighted by atomic mass is 35.5. The first-order valence-corrected chi connectivity index (χ1v) is 13.3. The standard InChI is InChI=1S/C15H11ClFN3O.C13H10ClN3.C2H3FO2/c16-13-8-19-15-12(13)5-10(7-18-15)9-2-1-3-11(4-9)20-14(21)6-17;14-12-7-17-13-11(12)5-9(6-16-13)8-2-1-3-10(15)4-8;3-1-2(4)5/h1-5,7-8H,6H2,(H,18,19)(H,20,21);1-7H,15H2,(H,16,17);1H2,(H,4,5). The first-order chi connectivity index (χ1) is 20.7. The number of aromatic nitrogens is 4. The van der Waals surface area contributed by atoms with Crippen molar-refractivity contribution in [2.75, 3.05) is 24.4 Å². The number of nitrogens with zero attached hydrogens (tertiary/aromatic N) is 2. The van der Waals surface area contributed by atoms with Gasteiger partial charge >= 0.3 is 5.97 Å². The number of carbonyl (C=O) groups is 2. The number of anilines is 2. The van der Waals surface area contributed by atoms with Crippen LogP contribution in [0.5, 0.6) is 0 Å². The molecule has 0 radical (unpaired) electrons. The van der Waals surface area contributed by atoms with Gasteiger partial charge in [-0.15, -0.1) is 0 Å². The Bertz CT molecular complexity index is 1890. The summed E-state index contributed by atoms with van der Waals surface area (Å²) < 4.78 is 22.8. The van der Waals surface area contributed by atoms with Crippen molar-refractivity contribution in [3.63, 3.8) is 0 Å². The number of nitrogens with two attached hydrogens (primary N) is 1. The molecule has 0 aliphatic heterocycles. The van der Waals surface area contributed by atoms with Crippen LogP contribution in [0.1, 0.15) is 0 Å². The minimum atomic E-state index is -1.41. The summed E-state index contributed by atoms with van der Waals surface area (Å²) in [5.41, 5.74) is 12.3. The van der Waals surface area contributed by atoms with Gasteiger partial charge in [0.15, 0.2) is 13.3 Å². The van der Waals surface area contributed by atoms with Crippen LogP contribution >= 0.6 is 23.2 Å². The summed E-state index contributed by atoms with van der Waals surface area (Å²) in [5, 5.41) is 12.9. The van der Waals surface area contributed by atoms with Crippen LogP contribution in [0.4, 0.5) is 20.2 Å². The number of aliphatic carboxylic acids is 1. The van der Waals surface area contributed by atoms with Gasteiger partial charge < -0.3 is 26.1 Å². The Balaban J connectivity index is 0.000000173. The molecule has 2 aromatic carbocycles. The van der Waals surface area contributed by atoms with Crippen LogP contribution in [0.3, 0.4) is 0 Å². The van der Waals surface area contributed by atoms with Gasteiger partial charge in [-0.25, -0.2) is 23.5 Å². The van der Waals surface area contributed by atoms with E-state index in [1.165, 1.54) is 0 Å². The lowest BCUT2D eigenvalue weighted by Gasteiger charge is -2.06. The summed E-state index contributed by atoms with van der Waals surface area (Å²) >= 11 is 12.1. The monoisotopic (exact) mass is 624 g/mol. The Hall–Kier alpha value is -5.00. The molecule has 0 aliphatic carbocycles. The van der Waals surface area contributed by atoms with Crippen molar-refractivity contribution < 1.29 is 23.5 Å². The van der Waals surface area contributed by atoms with Crippen molar-refractivity contribution in [3.8, 4) is 22.3 Å². The van der Waals surface area contributed by atoms with Gasteiger partial charge in [0.2, 0.25) is 0 Å². The number of alkyl halides is 2. The second-order valence-electron chi connectivity index (χ2n) is 8.93. The summed E-state index contributed by atoms with van der Waals surface area (Å²) in [7, 11) is 0. The van der Waals surface area contributed by atoms with Gasteiger partial charge in [-0.2, -0.15) is 0 Å². The molecular weight excluding hydrogens is 601 g/mol. The summed E-state index contributed by atoms with van der Waals surface area (Å²) in [6.45, 7) is -2.32. The van der Waals surface area contributed by atoms with E-state index in [-0.39, 0.29) is 0 Å². The number of aromatic amines is 2. The molecule has 6 aromatic rings. The van der Waals surface area contributed by atoms with Crippen LogP contribution in [0.15, 0.2) is 85.5 Å². The van der Waals surface area contributed by atoms with Crippen LogP contribution in [-0.4, -0.2) is 50.3 Å². The van der Waals surface area contributed by atoms with E-state index in [9.17, 15) is 13.6 Å². The van der Waals surface area contributed by atoms with E-state index in [4.69, 9.17) is 38.8 Å². The smallest absolute Gasteiger partial charge is 0.335 e. The largest absolute Gasteiger partial charge is 0.479 e. The molecular formula is C30H24Cl2F2N6O3. The van der Waals surface area contributed by atoms with Gasteiger partial charge in [0.1, 0.15) is 11.3 Å². The van der Waals surface area contributed by atoms with Crippen molar-refractivity contribution in [2.24, 2.45) is 0 Å². The molecule has 1 amide bonds. The molecule has 0 aliphatic rings. The minimum Gasteiger partial charge on any atom is -0.479 e. The van der Waals surface area contributed by atoms with E-state index >= 15 is 0 Å². The van der Waals surface area contributed by atoms with Gasteiger partial charge in [-0.1, -0.05) is 47.5 Å². The van der Waals surface area contributed by atoms with E-state index in [1.807, 2.05) is 48.7 Å². The number of halogens is 4. The summed E-state index contributed by atoms with van der Waals surface area (Å²) in [4.78, 5) is 34.7. The zero-order valence-electron chi connectivity index (χ0n) is 22.2. The lowest BCUT2D eigenvalue weighted by molar-refractivity contribution is -0.137. The van der Waals surface area contributed by atoms with E-state index < -0.39 is 25.2 Å². The van der Waals surface area contributed by atoms with E-state index in [0.29, 0.717) is 21.4 Å². The fourth-order valence-corrected chi connectivity index (χ4v) is 4.34. The Labute approximate surface area is 253 Å². The van der Waals surface area contributed by atoms with Gasteiger partial charge in [0.25, 0.3) is 5.91 Å². The lowest BCUT2D eigenvalue weighted by atomic mass is 10.1. The number of rotatable bonds is 5. The molecule has 0 saturated carbocycles. The number of nitrogens with one attached hydrogen (secondary N) is 3. The van der Waals surface area contributed by atoms with E-state index in [2.05, 4.69) is 25.3 Å². The van der Waals surface area contributed by atoms with Crippen LogP contribution in [-0.2, 0) is 9.59 Å². The molecule has 0 fully saturated rings. The average Bonchev–Trinajstić information content (AvgIpc) is 3.59. The summed E-state index contributed by atoms with van der Waals surface area (Å²) in [6.07, 6.45) is 6.94. The van der Waals surface area contributed by atoms with Gasteiger partial charge in [0, 0.05) is 58.1 Å². The van der Waals surface area contributed by atoms with Crippen LogP contribution in [0.25, 0.3) is 44.3 Å². The highest BCUT2D eigenvalue weighted by Gasteiger charge is 2.08. The number of pyridine rings is 2. The average molecular weight is 625 g/mol. The molecule has 4 heterocycles. The number of benzene rings is 2. The zero-order chi connectivity index (χ0) is 30.9. The number of amides is 1. The first kappa shape index (κ1) is 30.9. The predicted molar refractivity (Wildman–Crippen MR) is 166 cm³/mol. The zero-order valence-corrected chi connectivity index (χ0v) is 23.8. The second kappa shape index (κ2) is 14.3. The number of hydrogen-bond donors (Lipinski definition) is 5. The normalized spacial score (nSPS) is 10.4. The second-order valence-corrected chi connectivity index (χ2v) is 9.74. The Morgan fingerprint density at radius 3 is 1.79 bits per heavy atom. The Morgan fingerprint density at radius 2 is 1.30 bits per heavy atom. The van der Waals surface area contributed by atoms with E-state index in [1.54, 1.807) is 36.8 Å². The highest BCUT2D eigenvalue weighted by molar-refractivity contribution is 6.35. The molecule has 0 atom stereocenters. The number of hydrogen-bond acceptors (Lipinski definition) is 5. The highest BCUT2D eigenvalue weighted by Crippen LogP contribution is 2.29. The third-order valence-electron chi connectivity index (χ3n) is 5.90.